The number of rotatable bonds is 6. The van der Waals surface area contributed by atoms with Crippen molar-refractivity contribution < 1.29 is 0 Å². The number of thiophene rings is 1. The van der Waals surface area contributed by atoms with Gasteiger partial charge < -0.3 is 10.6 Å². The molecule has 108 valence electrons. The predicted octanol–water partition coefficient (Wildman–Crippen LogP) is 4.23. The van der Waals surface area contributed by atoms with E-state index in [-0.39, 0.29) is 6.04 Å². The van der Waals surface area contributed by atoms with Crippen molar-refractivity contribution in [3.05, 3.63) is 52.2 Å². The lowest BCUT2D eigenvalue weighted by Gasteiger charge is -2.27. The summed E-state index contributed by atoms with van der Waals surface area (Å²) in [7, 11) is 2.16. The fraction of sp³-hybridized carbons (Fsp3) is 0.412. The molecule has 1 aromatic carbocycles. The number of benzene rings is 1. The largest absolute Gasteiger partial charge is 0.372 e. The van der Waals surface area contributed by atoms with Crippen LogP contribution in [0.4, 0.5) is 5.69 Å². The average Bonchev–Trinajstić information content (AvgIpc) is 2.98. The van der Waals surface area contributed by atoms with Crippen LogP contribution in [0.15, 0.2) is 41.8 Å². The van der Waals surface area contributed by atoms with E-state index in [0.717, 1.165) is 12.8 Å². The Morgan fingerprint density at radius 3 is 2.45 bits per heavy atom. The molecule has 0 spiro atoms. The first kappa shape index (κ1) is 15.1. The Bertz CT molecular complexity index is 504. The lowest BCUT2D eigenvalue weighted by atomic mass is 10.0. The molecule has 0 saturated carbocycles. The smallest absolute Gasteiger partial charge is 0.0366 e. The standard InChI is InChI=1S/C17H24N2S/c1-4-17(18)14-7-9-15(10-8-14)19(3)13(2)12-16-6-5-11-20-16/h5-11,13,17H,4,12,18H2,1-3H3/t13?,17-/m1/s1. The average molecular weight is 288 g/mol. The van der Waals surface area contributed by atoms with E-state index in [9.17, 15) is 0 Å². The first-order valence-electron chi connectivity index (χ1n) is 7.22. The van der Waals surface area contributed by atoms with Crippen LogP contribution in [-0.4, -0.2) is 13.1 Å². The van der Waals surface area contributed by atoms with Gasteiger partial charge in [0.1, 0.15) is 0 Å². The molecule has 0 amide bonds. The zero-order valence-corrected chi connectivity index (χ0v) is 13.4. The van der Waals surface area contributed by atoms with Crippen LogP contribution in [0.1, 0.15) is 36.8 Å². The van der Waals surface area contributed by atoms with Gasteiger partial charge in [-0.3, -0.25) is 0 Å². The maximum atomic E-state index is 6.06. The Hall–Kier alpha value is -1.32. The number of likely N-dealkylation sites (N-methyl/N-ethyl adjacent to an activating group) is 1. The molecule has 20 heavy (non-hydrogen) atoms. The second-order valence-electron chi connectivity index (χ2n) is 5.35. The number of anilines is 1. The van der Waals surface area contributed by atoms with E-state index in [1.807, 2.05) is 11.3 Å². The van der Waals surface area contributed by atoms with Crippen molar-refractivity contribution in [1.29, 1.82) is 0 Å². The van der Waals surface area contributed by atoms with Crippen molar-refractivity contribution in [2.45, 2.75) is 38.8 Å². The maximum absolute atomic E-state index is 6.06. The molecule has 2 atom stereocenters. The molecule has 0 fully saturated rings. The van der Waals surface area contributed by atoms with Crippen molar-refractivity contribution in [2.75, 3.05) is 11.9 Å². The van der Waals surface area contributed by atoms with Crippen LogP contribution in [0, 0.1) is 0 Å². The van der Waals surface area contributed by atoms with E-state index < -0.39 is 0 Å². The first-order valence-corrected chi connectivity index (χ1v) is 8.10. The Kier molecular flexibility index (Phi) is 5.21. The molecule has 2 rings (SSSR count). The van der Waals surface area contributed by atoms with Gasteiger partial charge in [0.2, 0.25) is 0 Å². The summed E-state index contributed by atoms with van der Waals surface area (Å²) in [4.78, 5) is 3.77. The summed E-state index contributed by atoms with van der Waals surface area (Å²) in [5, 5.41) is 2.14. The molecule has 1 heterocycles. The highest BCUT2D eigenvalue weighted by Crippen LogP contribution is 2.22. The fourth-order valence-electron chi connectivity index (χ4n) is 2.30. The van der Waals surface area contributed by atoms with Gasteiger partial charge in [-0.2, -0.15) is 0 Å². The van der Waals surface area contributed by atoms with Crippen LogP contribution in [0.25, 0.3) is 0 Å². The summed E-state index contributed by atoms with van der Waals surface area (Å²) in [6, 6.07) is 13.6. The van der Waals surface area contributed by atoms with Crippen molar-refractivity contribution in [2.24, 2.45) is 5.73 Å². The van der Waals surface area contributed by atoms with Gasteiger partial charge >= 0.3 is 0 Å². The topological polar surface area (TPSA) is 29.3 Å². The highest BCUT2D eigenvalue weighted by Gasteiger charge is 2.12. The van der Waals surface area contributed by atoms with E-state index in [1.165, 1.54) is 16.1 Å². The Morgan fingerprint density at radius 1 is 1.20 bits per heavy atom. The van der Waals surface area contributed by atoms with Crippen LogP contribution in [0.3, 0.4) is 0 Å². The fourth-order valence-corrected chi connectivity index (χ4v) is 3.13. The van der Waals surface area contributed by atoms with Crippen molar-refractivity contribution >= 4 is 17.0 Å². The number of hydrogen-bond acceptors (Lipinski definition) is 3. The Morgan fingerprint density at radius 2 is 1.90 bits per heavy atom. The molecule has 0 saturated heterocycles. The van der Waals surface area contributed by atoms with Crippen LogP contribution in [-0.2, 0) is 6.42 Å². The molecule has 2 nitrogen and oxygen atoms in total. The second kappa shape index (κ2) is 6.91. The minimum atomic E-state index is 0.151. The summed E-state index contributed by atoms with van der Waals surface area (Å²) >= 11 is 1.83. The van der Waals surface area contributed by atoms with E-state index in [1.54, 1.807) is 0 Å². The molecule has 0 bridgehead atoms. The van der Waals surface area contributed by atoms with Gasteiger partial charge in [0.15, 0.2) is 0 Å². The van der Waals surface area contributed by atoms with Gasteiger partial charge in [0.05, 0.1) is 0 Å². The molecule has 2 N–H and O–H groups in total. The normalized spacial score (nSPS) is 14.0. The summed E-state index contributed by atoms with van der Waals surface area (Å²) in [6.07, 6.45) is 2.06. The summed E-state index contributed by atoms with van der Waals surface area (Å²) in [5.41, 5.74) is 8.53. The second-order valence-corrected chi connectivity index (χ2v) is 6.38. The van der Waals surface area contributed by atoms with Gasteiger partial charge in [-0.1, -0.05) is 25.1 Å². The molecule has 0 aliphatic rings. The lowest BCUT2D eigenvalue weighted by Crippen LogP contribution is -2.30. The highest BCUT2D eigenvalue weighted by molar-refractivity contribution is 7.09. The molecule has 0 aliphatic carbocycles. The van der Waals surface area contributed by atoms with Crippen molar-refractivity contribution in [3.8, 4) is 0 Å². The van der Waals surface area contributed by atoms with Gasteiger partial charge in [0, 0.05) is 36.1 Å². The molecular formula is C17H24N2S. The van der Waals surface area contributed by atoms with Crippen LogP contribution in [0.5, 0.6) is 0 Å². The number of nitrogens with zero attached hydrogens (tertiary/aromatic N) is 1. The maximum Gasteiger partial charge on any atom is 0.0366 e. The first-order chi connectivity index (χ1) is 9.61. The predicted molar refractivity (Wildman–Crippen MR) is 89.5 cm³/mol. The van der Waals surface area contributed by atoms with Crippen molar-refractivity contribution in [3.63, 3.8) is 0 Å². The zero-order valence-electron chi connectivity index (χ0n) is 12.5. The van der Waals surface area contributed by atoms with Gasteiger partial charge in [-0.05, 0) is 42.5 Å². The molecule has 1 aromatic heterocycles. The molecule has 0 aliphatic heterocycles. The van der Waals surface area contributed by atoms with Crippen LogP contribution < -0.4 is 10.6 Å². The van der Waals surface area contributed by atoms with Crippen LogP contribution in [0.2, 0.25) is 0 Å². The van der Waals surface area contributed by atoms with E-state index >= 15 is 0 Å². The Labute approximate surface area is 126 Å². The summed E-state index contributed by atoms with van der Waals surface area (Å²) in [6.45, 7) is 4.39. The minimum Gasteiger partial charge on any atom is -0.372 e. The van der Waals surface area contributed by atoms with E-state index in [4.69, 9.17) is 5.73 Å². The highest BCUT2D eigenvalue weighted by atomic mass is 32.1. The lowest BCUT2D eigenvalue weighted by molar-refractivity contribution is 0.684. The molecule has 1 unspecified atom stereocenters. The van der Waals surface area contributed by atoms with E-state index in [2.05, 4.69) is 67.6 Å². The van der Waals surface area contributed by atoms with Crippen molar-refractivity contribution in [1.82, 2.24) is 0 Å². The monoisotopic (exact) mass is 288 g/mol. The van der Waals surface area contributed by atoms with Gasteiger partial charge in [-0.15, -0.1) is 11.3 Å². The third-order valence-electron chi connectivity index (χ3n) is 3.91. The molecular weight excluding hydrogens is 264 g/mol. The Balaban J connectivity index is 2.02. The molecule has 3 heteroatoms. The summed E-state index contributed by atoms with van der Waals surface area (Å²) < 4.78 is 0. The van der Waals surface area contributed by atoms with E-state index in [0.29, 0.717) is 6.04 Å². The third-order valence-corrected chi connectivity index (χ3v) is 4.80. The van der Waals surface area contributed by atoms with Gasteiger partial charge in [0.25, 0.3) is 0 Å². The number of nitrogens with two attached hydrogens (primary N) is 1. The molecule has 2 aromatic rings. The quantitative estimate of drug-likeness (QED) is 0.862. The molecule has 0 radical (unpaired) electrons. The SMILES string of the molecule is CC[C@@H](N)c1ccc(N(C)C(C)Cc2cccs2)cc1. The van der Waals surface area contributed by atoms with Crippen LogP contribution >= 0.6 is 11.3 Å². The zero-order chi connectivity index (χ0) is 14.5. The van der Waals surface area contributed by atoms with Gasteiger partial charge in [-0.25, -0.2) is 0 Å². The summed E-state index contributed by atoms with van der Waals surface area (Å²) in [5.74, 6) is 0. The number of hydrogen-bond donors (Lipinski definition) is 1. The third kappa shape index (κ3) is 3.62. The minimum absolute atomic E-state index is 0.151.